The highest BCUT2D eigenvalue weighted by Crippen LogP contribution is 2.55. The Morgan fingerprint density at radius 1 is 1.15 bits per heavy atom. The van der Waals surface area contributed by atoms with E-state index in [1.807, 2.05) is 31.2 Å². The molecule has 9 heteroatoms. The third-order valence-electron chi connectivity index (χ3n) is 8.87. The maximum absolute atomic E-state index is 14.1. The third-order valence-corrected chi connectivity index (χ3v) is 8.87. The fourth-order valence-electron chi connectivity index (χ4n) is 6.95. The molecular formula is C31H36N4O5. The number of nitrogens with zero attached hydrogens (tertiary/aromatic N) is 2. The fraction of sp³-hybridized carbons (Fsp3) is 0.484. The van der Waals surface area contributed by atoms with Crippen LogP contribution in [0.4, 0.5) is 5.69 Å². The molecule has 0 unspecified atom stereocenters. The summed E-state index contributed by atoms with van der Waals surface area (Å²) >= 11 is 0. The van der Waals surface area contributed by atoms with E-state index in [0.717, 1.165) is 31.2 Å². The topological polar surface area (TPSA) is 110 Å². The molecule has 2 aromatic rings. The number of fused-ring (bicyclic) bond motifs is 1. The van der Waals surface area contributed by atoms with Gasteiger partial charge in [-0.3, -0.25) is 19.4 Å². The first-order valence-corrected chi connectivity index (χ1v) is 14.3. The number of rotatable bonds is 8. The summed E-state index contributed by atoms with van der Waals surface area (Å²) in [7, 11) is 0. The van der Waals surface area contributed by atoms with Crippen molar-refractivity contribution in [1.82, 2.24) is 15.2 Å². The third kappa shape index (κ3) is 4.56. The summed E-state index contributed by atoms with van der Waals surface area (Å²) in [4.78, 5) is 47.6. The Balaban J connectivity index is 1.29. The molecule has 210 valence electrons. The standard InChI is InChI=1S/C31H36N4O5/c1-3-39-22-12-10-21(11-13-22)33-28(36)25-24-14-15-31(40-24)26(25)30(38)35(18-20-8-6-16-32-17-20)27(31)29(37)34-23-9-5-4-7-19(23)2/h6,8,10-17,19,23-27H,3-5,7,9,18H2,1-2H3,(H,33,36)(H,34,37)/t19-,23-,24-,25+,26-,27-,31-/m0/s1. The molecule has 1 spiro atoms. The molecule has 2 saturated heterocycles. The van der Waals surface area contributed by atoms with Crippen molar-refractivity contribution < 1.29 is 23.9 Å². The van der Waals surface area contributed by atoms with Crippen LogP contribution in [0.2, 0.25) is 0 Å². The van der Waals surface area contributed by atoms with E-state index in [1.165, 1.54) is 0 Å². The molecule has 3 aliphatic heterocycles. The fourth-order valence-corrected chi connectivity index (χ4v) is 6.95. The van der Waals surface area contributed by atoms with Crippen LogP contribution in [0.3, 0.4) is 0 Å². The Bertz CT molecular complexity index is 1300. The Kier molecular flexibility index (Phi) is 7.08. The van der Waals surface area contributed by atoms with E-state index in [0.29, 0.717) is 24.0 Å². The molecule has 2 N–H and O–H groups in total. The molecule has 7 atom stereocenters. The quantitative estimate of drug-likeness (QED) is 0.493. The minimum absolute atomic E-state index is 0.0494. The second-order valence-corrected chi connectivity index (χ2v) is 11.4. The summed E-state index contributed by atoms with van der Waals surface area (Å²) < 4.78 is 12.0. The van der Waals surface area contributed by atoms with E-state index in [-0.39, 0.29) is 30.3 Å². The van der Waals surface area contributed by atoms with Crippen molar-refractivity contribution in [2.24, 2.45) is 17.8 Å². The average molecular weight is 545 g/mol. The van der Waals surface area contributed by atoms with Gasteiger partial charge >= 0.3 is 0 Å². The molecule has 1 aliphatic carbocycles. The van der Waals surface area contributed by atoms with Gasteiger partial charge in [-0.1, -0.05) is 38.0 Å². The van der Waals surface area contributed by atoms with E-state index < -0.39 is 29.6 Å². The number of carbonyl (C=O) groups excluding carboxylic acids is 3. The predicted molar refractivity (Wildman–Crippen MR) is 148 cm³/mol. The number of benzene rings is 1. The molecule has 6 rings (SSSR count). The van der Waals surface area contributed by atoms with Gasteiger partial charge < -0.3 is 25.0 Å². The zero-order valence-corrected chi connectivity index (χ0v) is 22.9. The van der Waals surface area contributed by atoms with Crippen LogP contribution in [-0.2, 0) is 25.7 Å². The SMILES string of the molecule is CCOc1ccc(NC(=O)[C@@H]2[C@@H]3C=C[C@]4(O3)[C@@H]2C(=O)N(Cc2cccnc2)[C@H]4C(=O)N[C@H]2CCCC[C@@H]2C)cc1. The van der Waals surface area contributed by atoms with Crippen molar-refractivity contribution in [3.05, 3.63) is 66.5 Å². The normalized spacial score (nSPS) is 32.1. The number of amides is 3. The summed E-state index contributed by atoms with van der Waals surface area (Å²) in [6, 6.07) is 9.99. The summed E-state index contributed by atoms with van der Waals surface area (Å²) in [6.45, 7) is 4.83. The number of nitrogens with one attached hydrogen (secondary N) is 2. The Morgan fingerprint density at radius 2 is 1.95 bits per heavy atom. The van der Waals surface area contributed by atoms with Gasteiger partial charge in [0.1, 0.15) is 17.4 Å². The molecule has 0 radical (unpaired) electrons. The van der Waals surface area contributed by atoms with Crippen molar-refractivity contribution in [2.75, 3.05) is 11.9 Å². The monoisotopic (exact) mass is 544 g/mol. The van der Waals surface area contributed by atoms with Crippen LogP contribution in [0.25, 0.3) is 0 Å². The zero-order valence-electron chi connectivity index (χ0n) is 22.9. The van der Waals surface area contributed by atoms with Crippen molar-refractivity contribution in [2.45, 2.75) is 69.9 Å². The van der Waals surface area contributed by atoms with Crippen LogP contribution in [0.5, 0.6) is 5.75 Å². The first kappa shape index (κ1) is 26.5. The number of aromatic nitrogens is 1. The minimum Gasteiger partial charge on any atom is -0.494 e. The zero-order chi connectivity index (χ0) is 27.9. The summed E-state index contributed by atoms with van der Waals surface area (Å²) in [6.07, 6.45) is 10.7. The lowest BCUT2D eigenvalue weighted by Crippen LogP contribution is -2.57. The lowest BCUT2D eigenvalue weighted by Gasteiger charge is -2.36. The molecule has 9 nitrogen and oxygen atoms in total. The van der Waals surface area contributed by atoms with Crippen molar-refractivity contribution in [3.63, 3.8) is 0 Å². The number of anilines is 1. The first-order valence-electron chi connectivity index (χ1n) is 14.3. The van der Waals surface area contributed by atoms with Crippen LogP contribution in [0.15, 0.2) is 60.9 Å². The molecule has 3 fully saturated rings. The number of hydrogen-bond donors (Lipinski definition) is 2. The van der Waals surface area contributed by atoms with Gasteiger partial charge in [0.2, 0.25) is 17.7 Å². The summed E-state index contributed by atoms with van der Waals surface area (Å²) in [5.41, 5.74) is 0.213. The molecule has 1 aromatic heterocycles. The van der Waals surface area contributed by atoms with Gasteiger partial charge in [0.05, 0.1) is 24.5 Å². The van der Waals surface area contributed by atoms with E-state index >= 15 is 0 Å². The van der Waals surface area contributed by atoms with Gasteiger partial charge in [-0.15, -0.1) is 0 Å². The lowest BCUT2D eigenvalue weighted by molar-refractivity contribution is -0.142. The molecule has 1 saturated carbocycles. The average Bonchev–Trinajstić information content (AvgIpc) is 3.59. The molecule has 1 aromatic carbocycles. The van der Waals surface area contributed by atoms with Crippen molar-refractivity contribution in [1.29, 1.82) is 0 Å². The number of likely N-dealkylation sites (tertiary alicyclic amines) is 1. The minimum atomic E-state index is -1.20. The largest absolute Gasteiger partial charge is 0.494 e. The molecule has 4 aliphatic rings. The Morgan fingerprint density at radius 3 is 2.67 bits per heavy atom. The number of ether oxygens (including phenoxy) is 2. The van der Waals surface area contributed by atoms with E-state index in [4.69, 9.17) is 9.47 Å². The number of hydrogen-bond acceptors (Lipinski definition) is 6. The maximum atomic E-state index is 14.1. The Labute approximate surface area is 234 Å². The van der Waals surface area contributed by atoms with Crippen LogP contribution >= 0.6 is 0 Å². The summed E-state index contributed by atoms with van der Waals surface area (Å²) in [5, 5.41) is 6.22. The summed E-state index contributed by atoms with van der Waals surface area (Å²) in [5.74, 6) is -1.27. The van der Waals surface area contributed by atoms with Crippen molar-refractivity contribution in [3.8, 4) is 5.75 Å². The van der Waals surface area contributed by atoms with E-state index in [9.17, 15) is 14.4 Å². The molecule has 40 heavy (non-hydrogen) atoms. The van der Waals surface area contributed by atoms with Gasteiger partial charge in [0.15, 0.2) is 0 Å². The van der Waals surface area contributed by atoms with Gasteiger partial charge in [0.25, 0.3) is 0 Å². The highest BCUT2D eigenvalue weighted by molar-refractivity contribution is 6.02. The number of pyridine rings is 1. The highest BCUT2D eigenvalue weighted by atomic mass is 16.5. The van der Waals surface area contributed by atoms with Gasteiger partial charge in [-0.2, -0.15) is 0 Å². The Hall–Kier alpha value is -3.72. The van der Waals surface area contributed by atoms with Crippen LogP contribution < -0.4 is 15.4 Å². The van der Waals surface area contributed by atoms with Crippen molar-refractivity contribution >= 4 is 23.4 Å². The molecule has 3 amide bonds. The van der Waals surface area contributed by atoms with E-state index in [2.05, 4.69) is 22.5 Å². The molecule has 4 heterocycles. The highest BCUT2D eigenvalue weighted by Gasteiger charge is 2.72. The second kappa shape index (κ2) is 10.7. The van der Waals surface area contributed by atoms with Crippen LogP contribution in [0, 0.1) is 17.8 Å². The molecular weight excluding hydrogens is 508 g/mol. The van der Waals surface area contributed by atoms with E-state index in [1.54, 1.807) is 41.6 Å². The van der Waals surface area contributed by atoms with Crippen LogP contribution in [0.1, 0.15) is 45.1 Å². The van der Waals surface area contributed by atoms with Crippen LogP contribution in [-0.4, -0.2) is 58.0 Å². The smallest absolute Gasteiger partial charge is 0.246 e. The first-order chi connectivity index (χ1) is 19.4. The van der Waals surface area contributed by atoms with Gasteiger partial charge in [0, 0.05) is 30.7 Å². The maximum Gasteiger partial charge on any atom is 0.246 e. The van der Waals surface area contributed by atoms with Gasteiger partial charge in [-0.05, 0) is 61.6 Å². The second-order valence-electron chi connectivity index (χ2n) is 11.4. The predicted octanol–water partition coefficient (Wildman–Crippen LogP) is 3.46. The van der Waals surface area contributed by atoms with Gasteiger partial charge in [-0.25, -0.2) is 0 Å². The lowest BCUT2D eigenvalue weighted by atomic mass is 9.74. The molecule has 2 bridgehead atoms. The number of carbonyl (C=O) groups is 3.